The first kappa shape index (κ1) is 34.5. The first-order chi connectivity index (χ1) is 20.7. The van der Waals surface area contributed by atoms with Gasteiger partial charge in [0.15, 0.2) is 0 Å². The molecule has 0 bridgehead atoms. The number of hydrogen-bond donors (Lipinski definition) is 2. The van der Waals surface area contributed by atoms with Crippen LogP contribution in [0.5, 0.6) is 0 Å². The molecule has 3 unspecified atom stereocenters. The first-order valence-corrected chi connectivity index (χ1v) is 12.5. The van der Waals surface area contributed by atoms with Gasteiger partial charge in [0.05, 0.1) is 39.9 Å². The molecule has 17 heteroatoms. The van der Waals surface area contributed by atoms with Crippen molar-refractivity contribution in [2.24, 2.45) is 0 Å². The van der Waals surface area contributed by atoms with E-state index in [2.05, 4.69) is 5.32 Å². The van der Waals surface area contributed by atoms with Crippen LogP contribution in [0.4, 0.5) is 45.2 Å². The number of nitrogens with one attached hydrogen (secondary N) is 2. The molecule has 0 aliphatic heterocycles. The highest BCUT2D eigenvalue weighted by molar-refractivity contribution is 6.23. The van der Waals surface area contributed by atoms with Crippen LogP contribution in [0.25, 0.3) is 0 Å². The zero-order valence-electron chi connectivity index (χ0n) is 22.2. The van der Waals surface area contributed by atoms with Crippen molar-refractivity contribution in [2.75, 3.05) is 5.32 Å². The van der Waals surface area contributed by atoms with Crippen LogP contribution in [-0.2, 0) is 0 Å². The summed E-state index contributed by atoms with van der Waals surface area (Å²) in [6, 6.07) is 10.4. The number of hydrogen-bond acceptors (Lipinski definition) is 5. The van der Waals surface area contributed by atoms with E-state index >= 15 is 4.39 Å². The fourth-order valence-electron chi connectivity index (χ4n) is 4.56. The number of carbonyl (C=O) groups is 2. The highest BCUT2D eigenvalue weighted by atomic mass is 35.5. The third-order valence-corrected chi connectivity index (χ3v) is 7.26. The van der Waals surface area contributed by atoms with Gasteiger partial charge in [-0.3, -0.25) is 9.59 Å². The molecule has 3 rings (SSSR count). The maximum absolute atomic E-state index is 16.1. The summed E-state index contributed by atoms with van der Waals surface area (Å²) in [5, 5.41) is 28.5. The summed E-state index contributed by atoms with van der Waals surface area (Å²) in [4.78, 5) is 26.2. The minimum atomic E-state index is -7.29. The number of aryl methyl sites for hydroxylation is 1. The van der Waals surface area contributed by atoms with Gasteiger partial charge in [-0.2, -0.15) is 50.9 Å². The fourth-order valence-corrected chi connectivity index (χ4v) is 4.96. The lowest BCUT2D eigenvalue weighted by atomic mass is 9.67. The number of benzene rings is 2. The highest BCUT2D eigenvalue weighted by Crippen LogP contribution is 2.61. The molecule has 45 heavy (non-hydrogen) atoms. The number of carbonyl (C=O) groups excluding carboxylic acids is 2. The third kappa shape index (κ3) is 5.56. The molecule has 234 valence electrons. The Kier molecular flexibility index (Phi) is 9.06. The van der Waals surface area contributed by atoms with Crippen molar-refractivity contribution < 1.29 is 49.1 Å². The molecular formula is C28H15ClF9N5O2. The second kappa shape index (κ2) is 11.8. The number of allylic oxidation sites excluding steroid dienone is 2. The largest absolute Gasteiger partial charge is 0.457 e. The van der Waals surface area contributed by atoms with Crippen molar-refractivity contribution >= 4 is 29.1 Å². The van der Waals surface area contributed by atoms with Crippen molar-refractivity contribution in [3.63, 3.8) is 0 Å². The summed E-state index contributed by atoms with van der Waals surface area (Å²) in [5.74, 6) is -10.2. The van der Waals surface area contributed by atoms with Gasteiger partial charge in [0.1, 0.15) is 11.6 Å². The SMILES string of the molecule is Cc1cc(C#N)ccc1C(=O)Nc1cc(C(=O)NC2(C(F)(C(F)(F)F)C(F)(F)C(F)(F)F)C(C#N)=CC=CC2Cl)ccc1C#N. The van der Waals surface area contributed by atoms with Crippen LogP contribution in [0, 0.1) is 40.9 Å². The van der Waals surface area contributed by atoms with E-state index in [1.807, 2.05) is 6.07 Å². The van der Waals surface area contributed by atoms with E-state index in [1.54, 1.807) is 6.07 Å². The van der Waals surface area contributed by atoms with E-state index in [0.717, 1.165) is 12.1 Å². The molecule has 1 aliphatic carbocycles. The summed E-state index contributed by atoms with van der Waals surface area (Å²) in [7, 11) is 0. The summed E-state index contributed by atoms with van der Waals surface area (Å²) in [5.41, 5.74) is -14.4. The Hall–Kier alpha value is -5.01. The van der Waals surface area contributed by atoms with E-state index in [4.69, 9.17) is 16.9 Å². The molecule has 0 fully saturated rings. The van der Waals surface area contributed by atoms with E-state index in [9.17, 15) is 55.2 Å². The molecule has 1 aliphatic rings. The molecule has 2 amide bonds. The topological polar surface area (TPSA) is 130 Å². The number of alkyl halides is 10. The van der Waals surface area contributed by atoms with E-state index in [-0.39, 0.29) is 28.3 Å². The molecule has 7 nitrogen and oxygen atoms in total. The van der Waals surface area contributed by atoms with Crippen LogP contribution in [-0.4, -0.2) is 46.7 Å². The smallest absolute Gasteiger partial charge is 0.336 e. The Morgan fingerprint density at radius 1 is 0.867 bits per heavy atom. The lowest BCUT2D eigenvalue weighted by Crippen LogP contribution is -2.80. The number of anilines is 1. The van der Waals surface area contributed by atoms with Crippen LogP contribution in [0.2, 0.25) is 0 Å². The van der Waals surface area contributed by atoms with Crippen molar-refractivity contribution in [1.29, 1.82) is 15.8 Å². The second-order valence-corrected chi connectivity index (χ2v) is 9.91. The molecule has 0 radical (unpaired) electrons. The normalized spacial score (nSPS) is 19.6. The van der Waals surface area contributed by atoms with Gasteiger partial charge in [-0.25, -0.2) is 4.39 Å². The van der Waals surface area contributed by atoms with E-state index < -0.39 is 63.5 Å². The minimum Gasteiger partial charge on any atom is -0.336 e. The van der Waals surface area contributed by atoms with Gasteiger partial charge in [0.2, 0.25) is 0 Å². The molecule has 0 aromatic heterocycles. The Bertz CT molecular complexity index is 1750. The van der Waals surface area contributed by atoms with E-state index in [0.29, 0.717) is 24.3 Å². The predicted molar refractivity (Wildman–Crippen MR) is 139 cm³/mol. The van der Waals surface area contributed by atoms with Crippen LogP contribution in [0.3, 0.4) is 0 Å². The number of nitrogens with zero attached hydrogens (tertiary/aromatic N) is 3. The monoisotopic (exact) mass is 659 g/mol. The van der Waals surface area contributed by atoms with Crippen LogP contribution in [0.1, 0.15) is 37.4 Å². The quantitative estimate of drug-likeness (QED) is 0.268. The molecule has 0 spiro atoms. The molecule has 0 saturated carbocycles. The summed E-state index contributed by atoms with van der Waals surface area (Å²) >= 11 is 5.79. The second-order valence-electron chi connectivity index (χ2n) is 9.44. The zero-order chi connectivity index (χ0) is 34.2. The van der Waals surface area contributed by atoms with Gasteiger partial charge in [-0.15, -0.1) is 11.6 Å². The molecule has 2 N–H and O–H groups in total. The number of amides is 2. The molecular weight excluding hydrogens is 645 g/mol. The summed E-state index contributed by atoms with van der Waals surface area (Å²) in [6.45, 7) is 1.45. The maximum Gasteiger partial charge on any atom is 0.457 e. The number of rotatable bonds is 6. The number of halogens is 10. The zero-order valence-corrected chi connectivity index (χ0v) is 23.0. The summed E-state index contributed by atoms with van der Waals surface area (Å²) < 4.78 is 128. The summed E-state index contributed by atoms with van der Waals surface area (Å²) in [6.07, 6.45) is -13.0. The Labute approximate surface area is 252 Å². The lowest BCUT2D eigenvalue weighted by Gasteiger charge is -2.51. The molecule has 2 aromatic rings. The third-order valence-electron chi connectivity index (χ3n) is 6.79. The van der Waals surface area contributed by atoms with Crippen molar-refractivity contribution in [1.82, 2.24) is 5.32 Å². The molecule has 0 saturated heterocycles. The average Bonchev–Trinajstić information content (AvgIpc) is 2.96. The predicted octanol–water partition coefficient (Wildman–Crippen LogP) is 6.55. The highest BCUT2D eigenvalue weighted by Gasteiger charge is 2.89. The maximum atomic E-state index is 16.1. The average molecular weight is 660 g/mol. The van der Waals surface area contributed by atoms with Crippen molar-refractivity contribution in [3.05, 3.63) is 88.0 Å². The lowest BCUT2D eigenvalue weighted by molar-refractivity contribution is -0.395. The molecule has 3 atom stereocenters. The Morgan fingerprint density at radius 2 is 1.51 bits per heavy atom. The van der Waals surface area contributed by atoms with Gasteiger partial charge in [0.25, 0.3) is 11.8 Å². The standard InChI is InChI=1S/C28H15ClF9N5O2/c1-14-9-15(11-39)5-8-19(14)23(45)42-20-10-16(6-7-17(20)12-40)22(44)43-24(18(13-41)3-2-4-21(24)29)25(30,27(33,34)35)26(31,32)28(36,37)38/h2-10,21H,1H3,(H,42,45)(H,43,44). The minimum absolute atomic E-state index is 0.0313. The van der Waals surface area contributed by atoms with Gasteiger partial charge in [-0.05, 0) is 55.0 Å². The van der Waals surface area contributed by atoms with Crippen LogP contribution >= 0.6 is 11.6 Å². The molecule has 0 heterocycles. The van der Waals surface area contributed by atoms with Crippen LogP contribution < -0.4 is 10.6 Å². The van der Waals surface area contributed by atoms with Gasteiger partial charge < -0.3 is 10.6 Å². The van der Waals surface area contributed by atoms with Crippen molar-refractivity contribution in [3.8, 4) is 18.2 Å². The van der Waals surface area contributed by atoms with Crippen LogP contribution in [0.15, 0.2) is 60.2 Å². The Morgan fingerprint density at radius 3 is 2.02 bits per heavy atom. The van der Waals surface area contributed by atoms with E-state index in [1.165, 1.54) is 30.4 Å². The van der Waals surface area contributed by atoms with Gasteiger partial charge in [0, 0.05) is 11.1 Å². The fraction of sp³-hybridized carbons (Fsp3) is 0.250. The molecule has 2 aromatic carbocycles. The first-order valence-electron chi connectivity index (χ1n) is 12.1. The van der Waals surface area contributed by atoms with Crippen molar-refractivity contribution in [2.45, 2.75) is 41.8 Å². The van der Waals surface area contributed by atoms with Gasteiger partial charge in [-0.1, -0.05) is 12.2 Å². The Balaban J connectivity index is 2.20. The number of nitriles is 3. The van der Waals surface area contributed by atoms with Gasteiger partial charge >= 0.3 is 23.9 Å².